The Morgan fingerprint density at radius 3 is 2.48 bits per heavy atom. The maximum absolute atomic E-state index is 12.6. The second-order valence-electron chi connectivity index (χ2n) is 5.96. The number of fused-ring (bicyclic) bond motifs is 1. The van der Waals surface area contributed by atoms with Crippen LogP contribution < -0.4 is 9.46 Å². The Morgan fingerprint density at radius 2 is 1.84 bits per heavy atom. The van der Waals surface area contributed by atoms with E-state index >= 15 is 0 Å². The molecular formula is C18H20N2O4S. The lowest BCUT2D eigenvalue weighted by atomic mass is 10.00. The molecule has 1 N–H and O–H groups in total. The summed E-state index contributed by atoms with van der Waals surface area (Å²) in [6, 6.07) is 11.8. The SMILES string of the molecule is COc1ccc(NS(=O)(=O)c2ccc3c(c2)CN(C(C)=O)CC3)cc1. The molecule has 0 fully saturated rings. The second kappa shape index (κ2) is 6.76. The monoisotopic (exact) mass is 360 g/mol. The molecule has 1 amide bonds. The van der Waals surface area contributed by atoms with Crippen LogP contribution in [0.25, 0.3) is 0 Å². The van der Waals surface area contributed by atoms with E-state index in [2.05, 4.69) is 4.72 Å². The van der Waals surface area contributed by atoms with Gasteiger partial charge in [0.1, 0.15) is 5.75 Å². The van der Waals surface area contributed by atoms with Crippen LogP contribution in [0.1, 0.15) is 18.1 Å². The van der Waals surface area contributed by atoms with Gasteiger partial charge in [-0.1, -0.05) is 6.07 Å². The summed E-state index contributed by atoms with van der Waals surface area (Å²) in [5.41, 5.74) is 2.42. The normalized spacial score (nSPS) is 13.9. The zero-order chi connectivity index (χ0) is 18.0. The van der Waals surface area contributed by atoms with Crippen LogP contribution in [-0.2, 0) is 27.8 Å². The number of carbonyl (C=O) groups is 1. The van der Waals surface area contributed by atoms with E-state index in [1.807, 2.05) is 6.07 Å². The molecule has 1 heterocycles. The van der Waals surface area contributed by atoms with E-state index in [0.29, 0.717) is 24.5 Å². The molecule has 25 heavy (non-hydrogen) atoms. The fraction of sp³-hybridized carbons (Fsp3) is 0.278. The van der Waals surface area contributed by atoms with E-state index in [1.165, 1.54) is 6.92 Å². The summed E-state index contributed by atoms with van der Waals surface area (Å²) < 4.78 is 32.9. The van der Waals surface area contributed by atoms with Gasteiger partial charge in [-0.25, -0.2) is 8.42 Å². The van der Waals surface area contributed by atoms with Crippen molar-refractivity contribution in [3.63, 3.8) is 0 Å². The number of benzene rings is 2. The van der Waals surface area contributed by atoms with Crippen LogP contribution in [0.2, 0.25) is 0 Å². The number of hydrogen-bond acceptors (Lipinski definition) is 4. The smallest absolute Gasteiger partial charge is 0.261 e. The first kappa shape index (κ1) is 17.3. The van der Waals surface area contributed by atoms with Gasteiger partial charge in [0.15, 0.2) is 0 Å². The van der Waals surface area contributed by atoms with Crippen LogP contribution in [0.5, 0.6) is 5.75 Å². The van der Waals surface area contributed by atoms with Gasteiger partial charge in [-0.2, -0.15) is 0 Å². The van der Waals surface area contributed by atoms with Crippen molar-refractivity contribution in [1.82, 2.24) is 4.90 Å². The summed E-state index contributed by atoms with van der Waals surface area (Å²) in [5, 5.41) is 0. The van der Waals surface area contributed by atoms with E-state index < -0.39 is 10.0 Å². The molecule has 2 aromatic rings. The molecule has 0 spiro atoms. The first-order valence-electron chi connectivity index (χ1n) is 7.93. The van der Waals surface area contributed by atoms with E-state index in [4.69, 9.17) is 4.74 Å². The summed E-state index contributed by atoms with van der Waals surface area (Å²) in [5.74, 6) is 0.649. The molecular weight excluding hydrogens is 340 g/mol. The van der Waals surface area contributed by atoms with Crippen molar-refractivity contribution in [3.05, 3.63) is 53.6 Å². The Hall–Kier alpha value is -2.54. The average Bonchev–Trinajstić information content (AvgIpc) is 2.61. The molecule has 0 bridgehead atoms. The van der Waals surface area contributed by atoms with Crippen LogP contribution in [-0.4, -0.2) is 32.9 Å². The van der Waals surface area contributed by atoms with E-state index in [-0.39, 0.29) is 10.8 Å². The average molecular weight is 360 g/mol. The predicted molar refractivity (Wildman–Crippen MR) is 95.0 cm³/mol. The highest BCUT2D eigenvalue weighted by Gasteiger charge is 2.21. The summed E-state index contributed by atoms with van der Waals surface area (Å²) >= 11 is 0. The maximum Gasteiger partial charge on any atom is 0.261 e. The lowest BCUT2D eigenvalue weighted by Gasteiger charge is -2.28. The highest BCUT2D eigenvalue weighted by molar-refractivity contribution is 7.92. The van der Waals surface area contributed by atoms with Gasteiger partial charge in [0.2, 0.25) is 5.91 Å². The van der Waals surface area contributed by atoms with Crippen molar-refractivity contribution >= 4 is 21.6 Å². The Balaban J connectivity index is 1.85. The number of nitrogens with one attached hydrogen (secondary N) is 1. The third-order valence-corrected chi connectivity index (χ3v) is 5.67. The molecule has 1 aliphatic rings. The molecule has 0 saturated heterocycles. The van der Waals surface area contributed by atoms with Crippen LogP contribution in [0.3, 0.4) is 0 Å². The van der Waals surface area contributed by atoms with Crippen LogP contribution >= 0.6 is 0 Å². The highest BCUT2D eigenvalue weighted by Crippen LogP contribution is 2.24. The first-order valence-corrected chi connectivity index (χ1v) is 9.41. The van der Waals surface area contributed by atoms with Crippen molar-refractivity contribution in [1.29, 1.82) is 0 Å². The molecule has 3 rings (SSSR count). The van der Waals surface area contributed by atoms with Crippen LogP contribution in [0.4, 0.5) is 5.69 Å². The Labute approximate surface area is 147 Å². The zero-order valence-electron chi connectivity index (χ0n) is 14.2. The summed E-state index contributed by atoms with van der Waals surface area (Å²) in [7, 11) is -2.15. The number of carbonyl (C=O) groups excluding carboxylic acids is 1. The molecule has 0 saturated carbocycles. The first-order chi connectivity index (χ1) is 11.9. The number of amides is 1. The molecule has 7 heteroatoms. The lowest BCUT2D eigenvalue weighted by Crippen LogP contribution is -2.34. The fourth-order valence-corrected chi connectivity index (χ4v) is 3.95. The third kappa shape index (κ3) is 3.76. The number of nitrogens with zero attached hydrogens (tertiary/aromatic N) is 1. The van der Waals surface area contributed by atoms with Crippen molar-refractivity contribution in [2.24, 2.45) is 0 Å². The number of methoxy groups -OCH3 is 1. The number of anilines is 1. The topological polar surface area (TPSA) is 75.7 Å². The molecule has 0 aromatic heterocycles. The highest BCUT2D eigenvalue weighted by atomic mass is 32.2. The number of hydrogen-bond donors (Lipinski definition) is 1. The van der Waals surface area contributed by atoms with Crippen molar-refractivity contribution in [2.45, 2.75) is 24.8 Å². The predicted octanol–water partition coefficient (Wildman–Crippen LogP) is 2.40. The van der Waals surface area contributed by atoms with Gasteiger partial charge in [0, 0.05) is 25.7 Å². The van der Waals surface area contributed by atoms with Crippen LogP contribution in [0, 0.1) is 0 Å². The minimum atomic E-state index is -3.70. The minimum Gasteiger partial charge on any atom is -0.497 e. The summed E-state index contributed by atoms with van der Waals surface area (Å²) in [4.78, 5) is 13.5. The van der Waals surface area contributed by atoms with Crippen molar-refractivity contribution in [3.8, 4) is 5.75 Å². The molecule has 0 radical (unpaired) electrons. The summed E-state index contributed by atoms with van der Waals surface area (Å²) in [6.45, 7) is 2.63. The largest absolute Gasteiger partial charge is 0.497 e. The van der Waals surface area contributed by atoms with Gasteiger partial charge in [-0.3, -0.25) is 9.52 Å². The zero-order valence-corrected chi connectivity index (χ0v) is 15.0. The number of sulfonamides is 1. The Bertz CT molecular complexity index is 892. The fourth-order valence-electron chi connectivity index (χ4n) is 2.84. The Morgan fingerprint density at radius 1 is 1.12 bits per heavy atom. The van der Waals surface area contributed by atoms with Gasteiger partial charge in [-0.05, 0) is 53.9 Å². The number of ether oxygens (including phenoxy) is 1. The third-order valence-electron chi connectivity index (χ3n) is 4.29. The van der Waals surface area contributed by atoms with Gasteiger partial charge >= 0.3 is 0 Å². The van der Waals surface area contributed by atoms with Crippen molar-refractivity contribution < 1.29 is 17.9 Å². The quantitative estimate of drug-likeness (QED) is 0.908. The Kier molecular flexibility index (Phi) is 4.67. The molecule has 0 aliphatic carbocycles. The van der Waals surface area contributed by atoms with E-state index in [1.54, 1.807) is 48.4 Å². The van der Waals surface area contributed by atoms with Gasteiger partial charge < -0.3 is 9.64 Å². The van der Waals surface area contributed by atoms with E-state index in [0.717, 1.165) is 17.5 Å². The second-order valence-corrected chi connectivity index (χ2v) is 7.64. The molecule has 2 aromatic carbocycles. The standard InChI is InChI=1S/C18H20N2O4S/c1-13(21)20-10-9-14-3-8-18(11-15(14)12-20)25(22,23)19-16-4-6-17(24-2)7-5-16/h3-8,11,19H,9-10,12H2,1-2H3. The molecule has 0 atom stereocenters. The van der Waals surface area contributed by atoms with E-state index in [9.17, 15) is 13.2 Å². The molecule has 6 nitrogen and oxygen atoms in total. The maximum atomic E-state index is 12.6. The molecule has 132 valence electrons. The van der Waals surface area contributed by atoms with Gasteiger partial charge in [0.05, 0.1) is 12.0 Å². The minimum absolute atomic E-state index is 0.00438. The van der Waals surface area contributed by atoms with Gasteiger partial charge in [0.25, 0.3) is 10.0 Å². The van der Waals surface area contributed by atoms with Gasteiger partial charge in [-0.15, -0.1) is 0 Å². The number of rotatable bonds is 4. The van der Waals surface area contributed by atoms with Crippen LogP contribution in [0.15, 0.2) is 47.4 Å². The molecule has 0 unspecified atom stereocenters. The molecule has 1 aliphatic heterocycles. The summed E-state index contributed by atoms with van der Waals surface area (Å²) in [6.07, 6.45) is 0.737. The van der Waals surface area contributed by atoms with Crippen molar-refractivity contribution in [2.75, 3.05) is 18.4 Å². The lowest BCUT2D eigenvalue weighted by molar-refractivity contribution is -0.129.